The molecule has 0 aromatic carbocycles. The molecule has 0 aliphatic carbocycles. The second-order valence-corrected chi connectivity index (χ2v) is 3.11. The monoisotopic (exact) mass is 249 g/mol. The molecule has 0 aliphatic rings. The summed E-state index contributed by atoms with van der Waals surface area (Å²) in [4.78, 5) is 14.5. The Labute approximate surface area is 95.0 Å². The highest BCUT2D eigenvalue weighted by atomic mass is 19.4. The van der Waals surface area contributed by atoms with Gasteiger partial charge in [-0.25, -0.2) is 9.78 Å². The third kappa shape index (κ3) is 3.42. The van der Waals surface area contributed by atoms with Crippen molar-refractivity contribution >= 4 is 5.97 Å². The van der Waals surface area contributed by atoms with Crippen molar-refractivity contribution in [3.05, 3.63) is 29.1 Å². The lowest BCUT2D eigenvalue weighted by Crippen LogP contribution is -2.13. The maximum absolute atomic E-state index is 12.4. The van der Waals surface area contributed by atoms with E-state index < -0.39 is 24.4 Å². The maximum Gasteiger partial charge on any atom is 0.433 e. The molecule has 0 spiro atoms. The zero-order valence-electron chi connectivity index (χ0n) is 8.91. The fraction of sp³-hybridized carbons (Fsp3) is 0.400. The van der Waals surface area contributed by atoms with E-state index in [1.165, 1.54) is 6.92 Å². The number of esters is 1. The Morgan fingerprint density at radius 3 is 2.59 bits per heavy atom. The van der Waals surface area contributed by atoms with Crippen molar-refractivity contribution in [1.82, 2.24) is 4.98 Å². The van der Waals surface area contributed by atoms with Gasteiger partial charge in [0.25, 0.3) is 0 Å². The second kappa shape index (κ2) is 5.13. The molecule has 0 aliphatic heterocycles. The summed E-state index contributed by atoms with van der Waals surface area (Å²) in [6.07, 6.45) is -4.67. The normalized spacial score (nSPS) is 11.4. The quantitative estimate of drug-likeness (QED) is 0.829. The van der Waals surface area contributed by atoms with Crippen molar-refractivity contribution in [3.8, 4) is 0 Å². The molecule has 0 saturated heterocycles. The Balaban J connectivity index is 3.19. The molecule has 7 heteroatoms. The van der Waals surface area contributed by atoms with Crippen molar-refractivity contribution in [3.63, 3.8) is 0 Å². The van der Waals surface area contributed by atoms with E-state index in [-0.39, 0.29) is 17.9 Å². The zero-order valence-corrected chi connectivity index (χ0v) is 8.91. The number of ether oxygens (including phenoxy) is 1. The van der Waals surface area contributed by atoms with Crippen molar-refractivity contribution in [2.75, 3.05) is 6.61 Å². The molecular weight excluding hydrogens is 239 g/mol. The zero-order chi connectivity index (χ0) is 13.1. The van der Waals surface area contributed by atoms with E-state index in [1.807, 2.05) is 0 Å². The topological polar surface area (TPSA) is 59.4 Å². The van der Waals surface area contributed by atoms with Gasteiger partial charge in [-0.05, 0) is 19.1 Å². The van der Waals surface area contributed by atoms with Crippen molar-refractivity contribution in [1.29, 1.82) is 0 Å². The lowest BCUT2D eigenvalue weighted by molar-refractivity contribution is -0.141. The molecule has 1 aromatic heterocycles. The summed E-state index contributed by atoms with van der Waals surface area (Å²) >= 11 is 0. The van der Waals surface area contributed by atoms with E-state index in [1.54, 1.807) is 0 Å². The molecule has 1 rings (SSSR count). The highest BCUT2D eigenvalue weighted by Crippen LogP contribution is 2.28. The number of halogens is 3. The predicted molar refractivity (Wildman–Crippen MR) is 51.1 cm³/mol. The molecule has 0 amide bonds. The van der Waals surface area contributed by atoms with Crippen molar-refractivity contribution < 1.29 is 27.8 Å². The number of aromatic nitrogens is 1. The van der Waals surface area contributed by atoms with Crippen LogP contribution in [0.25, 0.3) is 0 Å². The fourth-order valence-electron chi connectivity index (χ4n) is 1.15. The van der Waals surface area contributed by atoms with Crippen molar-refractivity contribution in [2.24, 2.45) is 0 Å². The van der Waals surface area contributed by atoms with E-state index in [4.69, 9.17) is 5.11 Å². The molecule has 0 unspecified atom stereocenters. The lowest BCUT2D eigenvalue weighted by atomic mass is 10.2. The third-order valence-corrected chi connectivity index (χ3v) is 1.84. The van der Waals surface area contributed by atoms with E-state index >= 15 is 0 Å². The number of hydrogen-bond donors (Lipinski definition) is 1. The first-order valence-electron chi connectivity index (χ1n) is 4.74. The molecule has 0 atom stereocenters. The van der Waals surface area contributed by atoms with Crippen LogP contribution < -0.4 is 0 Å². The summed E-state index contributed by atoms with van der Waals surface area (Å²) in [6, 6.07) is 1.66. The van der Waals surface area contributed by atoms with Gasteiger partial charge in [-0.1, -0.05) is 0 Å². The summed E-state index contributed by atoms with van der Waals surface area (Å²) in [7, 11) is 0. The first-order valence-corrected chi connectivity index (χ1v) is 4.74. The highest BCUT2D eigenvalue weighted by Gasteiger charge is 2.33. The second-order valence-electron chi connectivity index (χ2n) is 3.11. The van der Waals surface area contributed by atoms with Gasteiger partial charge in [0.1, 0.15) is 5.69 Å². The predicted octanol–water partition coefficient (Wildman–Crippen LogP) is 1.77. The Hall–Kier alpha value is -1.63. The minimum absolute atomic E-state index is 0.0525. The first kappa shape index (κ1) is 13.4. The van der Waals surface area contributed by atoms with Gasteiger partial charge in [0, 0.05) is 0 Å². The standard InChI is InChI=1S/C10H10F3NO3/c1-2-17-9(16)6-3-7(5-15)14-8(4-6)10(11,12)13/h3-4,15H,2,5H2,1H3. The van der Waals surface area contributed by atoms with Crippen LogP contribution in [0, 0.1) is 0 Å². The van der Waals surface area contributed by atoms with Crippen LogP contribution in [-0.2, 0) is 17.5 Å². The van der Waals surface area contributed by atoms with E-state index in [0.29, 0.717) is 6.07 Å². The number of nitrogens with zero attached hydrogens (tertiary/aromatic N) is 1. The smallest absolute Gasteiger partial charge is 0.433 e. The van der Waals surface area contributed by atoms with Crippen LogP contribution in [0.3, 0.4) is 0 Å². The number of rotatable bonds is 3. The number of carbonyl (C=O) groups is 1. The van der Waals surface area contributed by atoms with Crippen LogP contribution in [-0.4, -0.2) is 22.7 Å². The average molecular weight is 249 g/mol. The summed E-state index contributed by atoms with van der Waals surface area (Å²) < 4.78 is 41.9. The highest BCUT2D eigenvalue weighted by molar-refractivity contribution is 5.89. The molecule has 17 heavy (non-hydrogen) atoms. The number of alkyl halides is 3. The number of hydrogen-bond acceptors (Lipinski definition) is 4. The summed E-state index contributed by atoms with van der Waals surface area (Å²) in [5.41, 5.74) is -1.74. The molecular formula is C10H10F3NO3. The Morgan fingerprint density at radius 1 is 1.47 bits per heavy atom. The summed E-state index contributed by atoms with van der Waals surface area (Å²) in [5, 5.41) is 8.78. The van der Waals surface area contributed by atoms with Gasteiger partial charge < -0.3 is 9.84 Å². The van der Waals surface area contributed by atoms with Crippen LogP contribution in [0.15, 0.2) is 12.1 Å². The van der Waals surface area contributed by atoms with Gasteiger partial charge in [0.2, 0.25) is 0 Å². The van der Waals surface area contributed by atoms with E-state index in [2.05, 4.69) is 9.72 Å². The number of pyridine rings is 1. The number of carbonyl (C=O) groups excluding carboxylic acids is 1. The lowest BCUT2D eigenvalue weighted by Gasteiger charge is -2.09. The molecule has 0 bridgehead atoms. The molecule has 4 nitrogen and oxygen atoms in total. The Bertz CT molecular complexity index is 418. The van der Waals surface area contributed by atoms with Gasteiger partial charge in [-0.3, -0.25) is 0 Å². The number of aliphatic hydroxyl groups is 1. The molecule has 94 valence electrons. The average Bonchev–Trinajstić information content (AvgIpc) is 2.27. The van der Waals surface area contributed by atoms with Crippen LogP contribution in [0.5, 0.6) is 0 Å². The van der Waals surface area contributed by atoms with Crippen LogP contribution in [0.2, 0.25) is 0 Å². The molecule has 1 aromatic rings. The fourth-order valence-corrected chi connectivity index (χ4v) is 1.15. The SMILES string of the molecule is CCOC(=O)c1cc(CO)nc(C(F)(F)F)c1. The molecule has 1 N–H and O–H groups in total. The maximum atomic E-state index is 12.4. The molecule has 0 fully saturated rings. The van der Waals surface area contributed by atoms with Gasteiger partial charge in [-0.2, -0.15) is 13.2 Å². The largest absolute Gasteiger partial charge is 0.462 e. The summed E-state index contributed by atoms with van der Waals surface area (Å²) in [5.74, 6) is -0.880. The minimum atomic E-state index is -4.67. The van der Waals surface area contributed by atoms with Gasteiger partial charge in [-0.15, -0.1) is 0 Å². The Morgan fingerprint density at radius 2 is 2.12 bits per heavy atom. The van der Waals surface area contributed by atoms with Gasteiger partial charge in [0.05, 0.1) is 24.5 Å². The minimum Gasteiger partial charge on any atom is -0.462 e. The summed E-state index contributed by atoms with van der Waals surface area (Å²) in [6.45, 7) is 0.907. The van der Waals surface area contributed by atoms with Crippen LogP contribution >= 0.6 is 0 Å². The first-order chi connectivity index (χ1) is 7.88. The molecule has 1 heterocycles. The third-order valence-electron chi connectivity index (χ3n) is 1.84. The molecule has 0 saturated carbocycles. The molecule has 0 radical (unpaired) electrons. The van der Waals surface area contributed by atoms with Crippen LogP contribution in [0.1, 0.15) is 28.7 Å². The van der Waals surface area contributed by atoms with E-state index in [0.717, 1.165) is 6.07 Å². The van der Waals surface area contributed by atoms with Crippen molar-refractivity contribution in [2.45, 2.75) is 19.7 Å². The van der Waals surface area contributed by atoms with Gasteiger partial charge in [0.15, 0.2) is 0 Å². The van der Waals surface area contributed by atoms with Crippen LogP contribution in [0.4, 0.5) is 13.2 Å². The Kier molecular flexibility index (Phi) is 4.06. The number of aliphatic hydroxyl groups excluding tert-OH is 1. The van der Waals surface area contributed by atoms with Gasteiger partial charge >= 0.3 is 12.1 Å². The van der Waals surface area contributed by atoms with E-state index in [9.17, 15) is 18.0 Å².